The first-order chi connectivity index (χ1) is 14.3. The van der Waals surface area contributed by atoms with E-state index >= 15 is 0 Å². The van der Waals surface area contributed by atoms with Crippen molar-refractivity contribution >= 4 is 44.8 Å². The molecule has 0 spiro atoms. The molecule has 2 aliphatic rings. The van der Waals surface area contributed by atoms with Crippen molar-refractivity contribution in [1.82, 2.24) is 10.0 Å². The van der Waals surface area contributed by atoms with Crippen LogP contribution < -0.4 is 14.9 Å². The topological polar surface area (TPSA) is 78.5 Å². The molecule has 9 heteroatoms. The Morgan fingerprint density at radius 2 is 1.80 bits per heavy atom. The van der Waals surface area contributed by atoms with Gasteiger partial charge in [0.1, 0.15) is 4.90 Å². The smallest absolute Gasteiger partial charge is 0.252 e. The van der Waals surface area contributed by atoms with Crippen molar-refractivity contribution in [3.63, 3.8) is 0 Å². The van der Waals surface area contributed by atoms with Crippen molar-refractivity contribution in [3.05, 3.63) is 58.1 Å². The van der Waals surface area contributed by atoms with Crippen molar-refractivity contribution < 1.29 is 13.2 Å². The molecule has 1 saturated heterocycles. The summed E-state index contributed by atoms with van der Waals surface area (Å²) in [5.41, 5.74) is 1.28. The maximum atomic E-state index is 12.7. The van der Waals surface area contributed by atoms with Crippen molar-refractivity contribution in [2.45, 2.75) is 30.2 Å². The van der Waals surface area contributed by atoms with Crippen LogP contribution in [0, 0.1) is 5.92 Å². The highest BCUT2D eigenvalue weighted by atomic mass is 35.5. The Bertz CT molecular complexity index is 1040. The summed E-state index contributed by atoms with van der Waals surface area (Å²) in [5.74, 6) is -0.0994. The van der Waals surface area contributed by atoms with Gasteiger partial charge in [0.15, 0.2) is 0 Å². The number of anilines is 1. The first kappa shape index (κ1) is 21.4. The van der Waals surface area contributed by atoms with E-state index < -0.39 is 15.9 Å². The SMILES string of the molecule is O=C(NCC1CCN(c2ccccc2)C1)c1cc(S(=O)(=O)NC2CC2)c(Cl)cc1Cl. The number of amides is 1. The second kappa shape index (κ2) is 8.75. The summed E-state index contributed by atoms with van der Waals surface area (Å²) < 4.78 is 27.7. The van der Waals surface area contributed by atoms with Crippen LogP contribution in [0.25, 0.3) is 0 Å². The van der Waals surface area contributed by atoms with E-state index in [1.54, 1.807) is 0 Å². The first-order valence-electron chi connectivity index (χ1n) is 9.93. The molecule has 1 heterocycles. The molecule has 2 fully saturated rings. The van der Waals surface area contributed by atoms with E-state index in [-0.39, 0.29) is 26.5 Å². The fourth-order valence-electron chi connectivity index (χ4n) is 3.60. The Balaban J connectivity index is 1.41. The van der Waals surface area contributed by atoms with Crippen LogP contribution in [0.5, 0.6) is 0 Å². The molecule has 1 amide bonds. The van der Waals surface area contributed by atoms with Gasteiger partial charge in [0.2, 0.25) is 10.0 Å². The lowest BCUT2D eigenvalue weighted by Crippen LogP contribution is -2.31. The first-order valence-corrected chi connectivity index (χ1v) is 12.2. The zero-order chi connectivity index (χ0) is 21.3. The number of nitrogens with one attached hydrogen (secondary N) is 2. The minimum Gasteiger partial charge on any atom is -0.371 e. The maximum Gasteiger partial charge on any atom is 0.252 e. The van der Waals surface area contributed by atoms with Crippen molar-refractivity contribution in [1.29, 1.82) is 0 Å². The largest absolute Gasteiger partial charge is 0.371 e. The van der Waals surface area contributed by atoms with Gasteiger partial charge >= 0.3 is 0 Å². The van der Waals surface area contributed by atoms with Gasteiger partial charge < -0.3 is 10.2 Å². The van der Waals surface area contributed by atoms with Crippen molar-refractivity contribution in [2.75, 3.05) is 24.5 Å². The van der Waals surface area contributed by atoms with Gasteiger partial charge in [-0.05, 0) is 49.4 Å². The van der Waals surface area contributed by atoms with Gasteiger partial charge in [-0.3, -0.25) is 4.79 Å². The van der Waals surface area contributed by atoms with E-state index in [9.17, 15) is 13.2 Å². The van der Waals surface area contributed by atoms with Crippen LogP contribution in [0.15, 0.2) is 47.4 Å². The number of sulfonamides is 1. The number of carbonyl (C=O) groups is 1. The third-order valence-corrected chi connectivity index (χ3v) is 7.71. The zero-order valence-electron chi connectivity index (χ0n) is 16.3. The van der Waals surface area contributed by atoms with Crippen LogP contribution >= 0.6 is 23.2 Å². The van der Waals surface area contributed by atoms with Gasteiger partial charge in [-0.1, -0.05) is 41.4 Å². The van der Waals surface area contributed by atoms with Gasteiger partial charge in [-0.15, -0.1) is 0 Å². The molecular formula is C21H23Cl2N3O3S. The number of nitrogens with zero attached hydrogens (tertiary/aromatic N) is 1. The molecule has 0 bridgehead atoms. The maximum absolute atomic E-state index is 12.7. The van der Waals surface area contributed by atoms with E-state index in [2.05, 4.69) is 27.1 Å². The number of halogens is 2. The highest BCUT2D eigenvalue weighted by Crippen LogP contribution is 2.31. The fraction of sp³-hybridized carbons (Fsp3) is 0.381. The Morgan fingerprint density at radius 3 is 2.50 bits per heavy atom. The van der Waals surface area contributed by atoms with E-state index in [4.69, 9.17) is 23.2 Å². The lowest BCUT2D eigenvalue weighted by atomic mass is 10.1. The molecule has 160 valence electrons. The summed E-state index contributed by atoms with van der Waals surface area (Å²) in [6.45, 7) is 2.27. The summed E-state index contributed by atoms with van der Waals surface area (Å²) in [7, 11) is -3.80. The monoisotopic (exact) mass is 467 g/mol. The molecule has 30 heavy (non-hydrogen) atoms. The fourth-order valence-corrected chi connectivity index (χ4v) is 5.76. The van der Waals surface area contributed by atoms with Crippen LogP contribution in [-0.4, -0.2) is 40.0 Å². The number of carbonyl (C=O) groups excluding carboxylic acids is 1. The Hall–Kier alpha value is -1.80. The quantitative estimate of drug-likeness (QED) is 0.650. The van der Waals surface area contributed by atoms with Gasteiger partial charge in [-0.2, -0.15) is 0 Å². The highest BCUT2D eigenvalue weighted by molar-refractivity contribution is 7.89. The van der Waals surface area contributed by atoms with E-state index in [1.807, 2.05) is 18.2 Å². The van der Waals surface area contributed by atoms with Crippen molar-refractivity contribution in [3.8, 4) is 0 Å². The molecule has 6 nitrogen and oxygen atoms in total. The summed E-state index contributed by atoms with van der Waals surface area (Å²) in [5, 5.41) is 3.02. The average molecular weight is 468 g/mol. The molecule has 2 N–H and O–H groups in total. The third-order valence-electron chi connectivity index (χ3n) is 5.41. The number of hydrogen-bond acceptors (Lipinski definition) is 4. The van der Waals surface area contributed by atoms with Crippen LogP contribution in [-0.2, 0) is 10.0 Å². The lowest BCUT2D eigenvalue weighted by Gasteiger charge is -2.19. The van der Waals surface area contributed by atoms with Gasteiger partial charge in [-0.25, -0.2) is 13.1 Å². The molecule has 1 aliphatic carbocycles. The Kier molecular flexibility index (Phi) is 6.25. The van der Waals surface area contributed by atoms with E-state index in [0.29, 0.717) is 12.5 Å². The summed E-state index contributed by atoms with van der Waals surface area (Å²) in [6.07, 6.45) is 2.58. The molecular weight excluding hydrogens is 445 g/mol. The normalized spacial score (nSPS) is 19.1. The second-order valence-electron chi connectivity index (χ2n) is 7.80. The molecule has 2 aromatic carbocycles. The Labute approximate surface area is 186 Å². The van der Waals surface area contributed by atoms with Crippen LogP contribution in [0.3, 0.4) is 0 Å². The molecule has 2 aromatic rings. The van der Waals surface area contributed by atoms with Crippen LogP contribution in [0.4, 0.5) is 5.69 Å². The predicted molar refractivity (Wildman–Crippen MR) is 119 cm³/mol. The van der Waals surface area contributed by atoms with Gasteiger partial charge in [0.25, 0.3) is 5.91 Å². The molecule has 1 unspecified atom stereocenters. The summed E-state index contributed by atoms with van der Waals surface area (Å²) in [6, 6.07) is 12.7. The number of rotatable bonds is 7. The standard InChI is InChI=1S/C21H23Cl2N3O3S/c22-18-11-19(23)20(30(28,29)25-15-6-7-15)10-17(18)21(27)24-12-14-8-9-26(13-14)16-4-2-1-3-5-16/h1-5,10-11,14-15,25H,6-9,12-13H2,(H,24,27). The summed E-state index contributed by atoms with van der Waals surface area (Å²) in [4.78, 5) is 14.9. The van der Waals surface area contributed by atoms with E-state index in [0.717, 1.165) is 32.4 Å². The predicted octanol–water partition coefficient (Wildman–Crippen LogP) is 3.69. The molecule has 0 radical (unpaired) electrons. The average Bonchev–Trinajstić information content (AvgIpc) is 3.38. The van der Waals surface area contributed by atoms with Crippen molar-refractivity contribution in [2.24, 2.45) is 5.92 Å². The second-order valence-corrected chi connectivity index (χ2v) is 10.3. The summed E-state index contributed by atoms with van der Waals surface area (Å²) >= 11 is 12.3. The van der Waals surface area contributed by atoms with Crippen LogP contribution in [0.2, 0.25) is 10.0 Å². The minimum atomic E-state index is -3.80. The molecule has 1 aliphatic heterocycles. The lowest BCUT2D eigenvalue weighted by molar-refractivity contribution is 0.0948. The van der Waals surface area contributed by atoms with Gasteiger partial charge in [0, 0.05) is 31.4 Å². The van der Waals surface area contributed by atoms with Crippen LogP contribution in [0.1, 0.15) is 29.6 Å². The van der Waals surface area contributed by atoms with E-state index in [1.165, 1.54) is 17.8 Å². The molecule has 1 saturated carbocycles. The number of para-hydroxylation sites is 1. The minimum absolute atomic E-state index is 0.000930. The molecule has 0 aromatic heterocycles. The zero-order valence-corrected chi connectivity index (χ0v) is 18.6. The molecule has 1 atom stereocenters. The molecule has 4 rings (SSSR count). The Morgan fingerprint density at radius 1 is 1.07 bits per heavy atom. The number of hydrogen-bond donors (Lipinski definition) is 2. The number of benzene rings is 2. The highest BCUT2D eigenvalue weighted by Gasteiger charge is 2.30. The third kappa shape index (κ3) is 4.91. The van der Waals surface area contributed by atoms with Gasteiger partial charge in [0.05, 0.1) is 15.6 Å².